The molecule has 1 aliphatic heterocycles. The number of para-hydroxylation sites is 1. The van der Waals surface area contributed by atoms with Crippen LogP contribution in [-0.2, 0) is 6.54 Å². The summed E-state index contributed by atoms with van der Waals surface area (Å²) in [5.74, 6) is 0. The maximum absolute atomic E-state index is 4.87. The summed E-state index contributed by atoms with van der Waals surface area (Å²) in [7, 11) is 0. The van der Waals surface area contributed by atoms with Crippen molar-refractivity contribution in [1.82, 2.24) is 24.2 Å². The van der Waals surface area contributed by atoms with Crippen LogP contribution in [0.1, 0.15) is 43.1 Å². The van der Waals surface area contributed by atoms with Gasteiger partial charge in [-0.05, 0) is 65.3 Å². The molecule has 5 nitrogen and oxygen atoms in total. The molecule has 0 aliphatic carbocycles. The average Bonchev–Trinajstić information content (AvgIpc) is 3.26. The predicted molar refractivity (Wildman–Crippen MR) is 114 cm³/mol. The molecule has 2 aromatic heterocycles. The second kappa shape index (κ2) is 7.92. The zero-order valence-corrected chi connectivity index (χ0v) is 17.5. The van der Waals surface area contributed by atoms with Gasteiger partial charge >= 0.3 is 0 Å². The first kappa shape index (κ1) is 18.9. The molecule has 0 amide bonds. The number of likely N-dealkylation sites (tertiary alicyclic amines) is 1. The molecule has 1 aliphatic rings. The summed E-state index contributed by atoms with van der Waals surface area (Å²) in [6.07, 6.45) is 7.98. The molecule has 148 valence electrons. The van der Waals surface area contributed by atoms with Crippen molar-refractivity contribution in [2.45, 2.75) is 59.5 Å². The van der Waals surface area contributed by atoms with E-state index in [4.69, 9.17) is 5.10 Å². The predicted octanol–water partition coefficient (Wildman–Crippen LogP) is 4.54. The SMILES string of the molecule is Cc1ccccc1-n1nc(C)c(-c2cncn2C[C@H](C)N2CCCCC2)c1C. The van der Waals surface area contributed by atoms with Gasteiger partial charge in [-0.3, -0.25) is 4.90 Å². The number of imidazole rings is 1. The van der Waals surface area contributed by atoms with Crippen LogP contribution in [0, 0.1) is 20.8 Å². The van der Waals surface area contributed by atoms with Crippen molar-refractivity contribution in [1.29, 1.82) is 0 Å². The molecule has 0 radical (unpaired) electrons. The van der Waals surface area contributed by atoms with Gasteiger partial charge in [-0.15, -0.1) is 0 Å². The molecule has 1 saturated heterocycles. The van der Waals surface area contributed by atoms with Crippen LogP contribution in [-0.4, -0.2) is 43.4 Å². The lowest BCUT2D eigenvalue weighted by atomic mass is 10.1. The van der Waals surface area contributed by atoms with Gasteiger partial charge in [-0.2, -0.15) is 5.10 Å². The van der Waals surface area contributed by atoms with Crippen molar-refractivity contribution in [2.24, 2.45) is 0 Å². The van der Waals surface area contributed by atoms with E-state index in [9.17, 15) is 0 Å². The highest BCUT2D eigenvalue weighted by Gasteiger charge is 2.21. The van der Waals surface area contributed by atoms with Crippen LogP contribution >= 0.6 is 0 Å². The second-order valence-corrected chi connectivity index (χ2v) is 8.12. The van der Waals surface area contributed by atoms with E-state index in [0.717, 1.165) is 17.9 Å². The summed E-state index contributed by atoms with van der Waals surface area (Å²) in [5, 5.41) is 4.87. The van der Waals surface area contributed by atoms with Gasteiger partial charge < -0.3 is 4.57 Å². The molecule has 0 unspecified atom stereocenters. The van der Waals surface area contributed by atoms with E-state index in [1.807, 2.05) is 12.5 Å². The number of hydrogen-bond acceptors (Lipinski definition) is 3. The van der Waals surface area contributed by atoms with Gasteiger partial charge in [0.15, 0.2) is 0 Å². The fourth-order valence-corrected chi connectivity index (χ4v) is 4.48. The molecule has 0 bridgehead atoms. The van der Waals surface area contributed by atoms with Crippen LogP contribution in [0.15, 0.2) is 36.8 Å². The lowest BCUT2D eigenvalue weighted by molar-refractivity contribution is 0.160. The van der Waals surface area contributed by atoms with E-state index < -0.39 is 0 Å². The van der Waals surface area contributed by atoms with Gasteiger partial charge in [0.2, 0.25) is 0 Å². The Kier molecular flexibility index (Phi) is 5.36. The molecular formula is C23H31N5. The van der Waals surface area contributed by atoms with Crippen LogP contribution in [0.3, 0.4) is 0 Å². The lowest BCUT2D eigenvalue weighted by Crippen LogP contribution is -2.39. The molecule has 3 heterocycles. The van der Waals surface area contributed by atoms with Crippen molar-refractivity contribution in [3.63, 3.8) is 0 Å². The normalized spacial score (nSPS) is 16.4. The summed E-state index contributed by atoms with van der Waals surface area (Å²) in [5.41, 5.74) is 6.95. The van der Waals surface area contributed by atoms with E-state index >= 15 is 0 Å². The standard InChI is InChI=1S/C23H31N5/c1-17-10-6-7-11-21(17)28-20(4)23(19(3)25-28)22-14-24-16-27(22)15-18(2)26-12-8-5-9-13-26/h6-7,10-11,14,16,18H,5,8-9,12-13,15H2,1-4H3/t18-/m0/s1. The zero-order valence-electron chi connectivity index (χ0n) is 17.5. The first-order valence-corrected chi connectivity index (χ1v) is 10.4. The highest BCUT2D eigenvalue weighted by atomic mass is 15.3. The molecule has 0 saturated carbocycles. The van der Waals surface area contributed by atoms with Crippen LogP contribution in [0.5, 0.6) is 0 Å². The number of aryl methyl sites for hydroxylation is 2. The number of hydrogen-bond donors (Lipinski definition) is 0. The Hall–Kier alpha value is -2.40. The molecule has 0 spiro atoms. The molecule has 28 heavy (non-hydrogen) atoms. The second-order valence-electron chi connectivity index (χ2n) is 8.12. The van der Waals surface area contributed by atoms with E-state index in [2.05, 4.69) is 71.1 Å². The van der Waals surface area contributed by atoms with E-state index in [0.29, 0.717) is 6.04 Å². The van der Waals surface area contributed by atoms with Gasteiger partial charge in [0.25, 0.3) is 0 Å². The number of nitrogens with zero attached hydrogens (tertiary/aromatic N) is 5. The highest BCUT2D eigenvalue weighted by Crippen LogP contribution is 2.30. The zero-order chi connectivity index (χ0) is 19.7. The fourth-order valence-electron chi connectivity index (χ4n) is 4.48. The third-order valence-electron chi connectivity index (χ3n) is 6.08. The minimum absolute atomic E-state index is 0.514. The topological polar surface area (TPSA) is 38.9 Å². The maximum atomic E-state index is 4.87. The molecule has 4 rings (SSSR count). The van der Waals surface area contributed by atoms with Gasteiger partial charge in [-0.25, -0.2) is 9.67 Å². The molecule has 1 atom stereocenters. The third-order valence-corrected chi connectivity index (χ3v) is 6.08. The third kappa shape index (κ3) is 3.51. The van der Waals surface area contributed by atoms with Crippen molar-refractivity contribution in [2.75, 3.05) is 13.1 Å². The highest BCUT2D eigenvalue weighted by molar-refractivity contribution is 5.66. The minimum atomic E-state index is 0.514. The first-order chi connectivity index (χ1) is 13.6. The Labute approximate surface area is 168 Å². The molecule has 5 heteroatoms. The lowest BCUT2D eigenvalue weighted by Gasteiger charge is -2.32. The molecule has 1 fully saturated rings. The maximum Gasteiger partial charge on any atom is 0.0951 e. The molecule has 0 N–H and O–H groups in total. The first-order valence-electron chi connectivity index (χ1n) is 10.4. The Morgan fingerprint density at radius 2 is 1.79 bits per heavy atom. The van der Waals surface area contributed by atoms with Crippen molar-refractivity contribution < 1.29 is 0 Å². The van der Waals surface area contributed by atoms with Crippen molar-refractivity contribution in [3.05, 3.63) is 53.7 Å². The fraction of sp³-hybridized carbons (Fsp3) is 0.478. The van der Waals surface area contributed by atoms with Crippen LogP contribution in [0.4, 0.5) is 0 Å². The Bertz CT molecular complexity index is 946. The number of aromatic nitrogens is 4. The van der Waals surface area contributed by atoms with Crippen LogP contribution < -0.4 is 0 Å². The Morgan fingerprint density at radius 3 is 2.54 bits per heavy atom. The number of piperidine rings is 1. The summed E-state index contributed by atoms with van der Waals surface area (Å²) in [4.78, 5) is 7.10. The summed E-state index contributed by atoms with van der Waals surface area (Å²) >= 11 is 0. The minimum Gasteiger partial charge on any atom is -0.329 e. The molecule has 1 aromatic carbocycles. The summed E-state index contributed by atoms with van der Waals surface area (Å²) in [6, 6.07) is 8.93. The van der Waals surface area contributed by atoms with E-state index in [-0.39, 0.29) is 0 Å². The van der Waals surface area contributed by atoms with E-state index in [1.54, 1.807) is 0 Å². The Morgan fingerprint density at radius 1 is 1.04 bits per heavy atom. The number of benzene rings is 1. The van der Waals surface area contributed by atoms with Crippen molar-refractivity contribution in [3.8, 4) is 16.9 Å². The Balaban J connectivity index is 1.66. The van der Waals surface area contributed by atoms with Crippen molar-refractivity contribution >= 4 is 0 Å². The van der Waals surface area contributed by atoms with Gasteiger partial charge in [-0.1, -0.05) is 24.6 Å². The average molecular weight is 378 g/mol. The summed E-state index contributed by atoms with van der Waals surface area (Å²) < 4.78 is 4.38. The van der Waals surface area contributed by atoms with Gasteiger partial charge in [0.1, 0.15) is 0 Å². The monoisotopic (exact) mass is 377 g/mol. The largest absolute Gasteiger partial charge is 0.329 e. The quantitative estimate of drug-likeness (QED) is 0.655. The van der Waals surface area contributed by atoms with Gasteiger partial charge in [0.05, 0.1) is 35.3 Å². The summed E-state index contributed by atoms with van der Waals surface area (Å²) in [6.45, 7) is 12.1. The smallest absolute Gasteiger partial charge is 0.0951 e. The van der Waals surface area contributed by atoms with Crippen LogP contribution in [0.2, 0.25) is 0 Å². The number of rotatable bonds is 5. The molecule has 3 aromatic rings. The van der Waals surface area contributed by atoms with Gasteiger partial charge in [0, 0.05) is 18.2 Å². The van der Waals surface area contributed by atoms with Crippen LogP contribution in [0.25, 0.3) is 16.9 Å². The van der Waals surface area contributed by atoms with E-state index in [1.165, 1.54) is 54.9 Å². The molecular weight excluding hydrogens is 346 g/mol.